The Bertz CT molecular complexity index is 824. The fraction of sp³-hybridized carbons (Fsp3) is 0.389. The van der Waals surface area contributed by atoms with E-state index in [2.05, 4.69) is 21.5 Å². The number of sulfonamides is 1. The van der Waals surface area contributed by atoms with Crippen molar-refractivity contribution < 1.29 is 8.42 Å². The van der Waals surface area contributed by atoms with Gasteiger partial charge in [-0.15, -0.1) is 0 Å². The van der Waals surface area contributed by atoms with Crippen LogP contribution < -0.4 is 9.62 Å². The van der Waals surface area contributed by atoms with Crippen LogP contribution in [0.1, 0.15) is 32.6 Å². The molecule has 2 aromatic rings. The van der Waals surface area contributed by atoms with Crippen LogP contribution in [0.3, 0.4) is 0 Å². The number of hydrogen-bond donors (Lipinski definition) is 1. The number of benzene rings is 1. The first kappa shape index (κ1) is 18.0. The van der Waals surface area contributed by atoms with Crippen LogP contribution >= 0.6 is 11.6 Å². The van der Waals surface area contributed by atoms with Gasteiger partial charge in [-0.1, -0.05) is 30.7 Å². The highest BCUT2D eigenvalue weighted by Crippen LogP contribution is 2.27. The normalized spacial score (nSPS) is 18.2. The van der Waals surface area contributed by atoms with Crippen LogP contribution in [0.5, 0.6) is 0 Å². The van der Waals surface area contributed by atoms with Crippen LogP contribution in [0.15, 0.2) is 47.5 Å². The maximum Gasteiger partial charge on any atom is 0.264 e. The van der Waals surface area contributed by atoms with Crippen molar-refractivity contribution in [2.45, 2.75) is 43.5 Å². The van der Waals surface area contributed by atoms with Gasteiger partial charge in [0.05, 0.1) is 16.9 Å². The molecule has 0 radical (unpaired) electrons. The van der Waals surface area contributed by atoms with Crippen LogP contribution in [0.2, 0.25) is 5.02 Å². The van der Waals surface area contributed by atoms with Crippen molar-refractivity contribution in [2.24, 2.45) is 0 Å². The number of hydrogen-bond acceptors (Lipinski definition) is 4. The van der Waals surface area contributed by atoms with Crippen LogP contribution in [-0.2, 0) is 10.0 Å². The third kappa shape index (κ3) is 4.07. The van der Waals surface area contributed by atoms with E-state index in [1.165, 1.54) is 25.3 Å². The van der Waals surface area contributed by atoms with E-state index >= 15 is 0 Å². The van der Waals surface area contributed by atoms with E-state index in [0.717, 1.165) is 18.7 Å². The molecule has 1 fully saturated rings. The highest BCUT2D eigenvalue weighted by atomic mass is 35.5. The zero-order valence-corrected chi connectivity index (χ0v) is 15.7. The number of nitrogens with zero attached hydrogens (tertiary/aromatic N) is 2. The Morgan fingerprint density at radius 3 is 2.72 bits per heavy atom. The first-order chi connectivity index (χ1) is 12.0. The minimum Gasteiger partial charge on any atom is -0.367 e. The minimum atomic E-state index is -3.76. The number of rotatable bonds is 5. The van der Waals surface area contributed by atoms with Gasteiger partial charge in [0.15, 0.2) is 0 Å². The van der Waals surface area contributed by atoms with Crippen LogP contribution in [0.25, 0.3) is 0 Å². The monoisotopic (exact) mass is 379 g/mol. The second kappa shape index (κ2) is 7.62. The predicted octanol–water partition coefficient (Wildman–Crippen LogP) is 4.30. The summed E-state index contributed by atoms with van der Waals surface area (Å²) in [6.07, 6.45) is 6.46. The number of nitrogens with one attached hydrogen (secondary N) is 1. The van der Waals surface area contributed by atoms with Gasteiger partial charge in [0.25, 0.3) is 10.0 Å². The van der Waals surface area contributed by atoms with Gasteiger partial charge in [-0.05, 0) is 49.9 Å². The zero-order chi connectivity index (χ0) is 17.9. The van der Waals surface area contributed by atoms with E-state index in [-0.39, 0.29) is 15.7 Å². The van der Waals surface area contributed by atoms with E-state index in [4.69, 9.17) is 11.6 Å². The fourth-order valence-electron chi connectivity index (χ4n) is 3.24. The molecule has 0 bridgehead atoms. The van der Waals surface area contributed by atoms with Gasteiger partial charge in [-0.3, -0.25) is 4.72 Å². The van der Waals surface area contributed by atoms with Crippen molar-refractivity contribution in [3.05, 3.63) is 47.6 Å². The molecule has 1 aromatic carbocycles. The highest BCUT2D eigenvalue weighted by Gasteiger charge is 2.22. The molecule has 1 atom stereocenters. The van der Waals surface area contributed by atoms with Crippen molar-refractivity contribution in [3.8, 4) is 0 Å². The molecule has 1 N–H and O–H groups in total. The second-order valence-corrected chi connectivity index (χ2v) is 8.25. The van der Waals surface area contributed by atoms with Crippen molar-refractivity contribution >= 4 is 33.1 Å². The average Bonchev–Trinajstić information content (AvgIpc) is 2.62. The van der Waals surface area contributed by atoms with Crippen LogP contribution in [0, 0.1) is 0 Å². The lowest BCUT2D eigenvalue weighted by molar-refractivity contribution is 0.449. The Hall–Kier alpha value is -1.79. The van der Waals surface area contributed by atoms with Gasteiger partial charge in [-0.2, -0.15) is 0 Å². The van der Waals surface area contributed by atoms with Crippen LogP contribution in [-0.4, -0.2) is 26.0 Å². The van der Waals surface area contributed by atoms with Gasteiger partial charge in [-0.25, -0.2) is 13.4 Å². The van der Waals surface area contributed by atoms with Gasteiger partial charge in [0.1, 0.15) is 10.7 Å². The third-order valence-electron chi connectivity index (χ3n) is 4.54. The van der Waals surface area contributed by atoms with Crippen molar-refractivity contribution in [1.82, 2.24) is 4.98 Å². The Balaban J connectivity index is 1.78. The second-order valence-electron chi connectivity index (χ2n) is 6.19. The number of anilines is 2. The molecule has 0 saturated carbocycles. The summed E-state index contributed by atoms with van der Waals surface area (Å²) in [5.74, 6) is 0.286. The number of halogens is 1. The zero-order valence-electron chi connectivity index (χ0n) is 14.2. The molecule has 1 unspecified atom stereocenters. The first-order valence-electron chi connectivity index (χ1n) is 8.51. The van der Waals surface area contributed by atoms with E-state index in [0.29, 0.717) is 6.04 Å². The average molecular weight is 380 g/mol. The Morgan fingerprint density at radius 2 is 2.04 bits per heavy atom. The first-order valence-corrected chi connectivity index (χ1v) is 10.4. The summed E-state index contributed by atoms with van der Waals surface area (Å²) in [5, 5.41) is 0.186. The van der Waals surface area contributed by atoms with E-state index in [1.54, 1.807) is 30.5 Å². The van der Waals surface area contributed by atoms with Gasteiger partial charge in [0.2, 0.25) is 0 Å². The molecule has 134 valence electrons. The molecule has 5 nitrogen and oxygen atoms in total. The minimum absolute atomic E-state index is 0.0459. The lowest BCUT2D eigenvalue weighted by atomic mass is 9.99. The van der Waals surface area contributed by atoms with Gasteiger partial charge in [0, 0.05) is 12.6 Å². The SMILES string of the molecule is CCC1CCCCN1c1ccc(NS(=O)(=O)c2ccccc2Cl)nc1. The number of aromatic nitrogens is 1. The van der Waals surface area contributed by atoms with Crippen molar-refractivity contribution in [1.29, 1.82) is 0 Å². The fourth-order valence-corrected chi connectivity index (χ4v) is 4.77. The Morgan fingerprint density at radius 1 is 1.24 bits per heavy atom. The molecule has 1 aromatic heterocycles. The maximum absolute atomic E-state index is 12.5. The highest BCUT2D eigenvalue weighted by molar-refractivity contribution is 7.92. The van der Waals surface area contributed by atoms with E-state index in [9.17, 15) is 8.42 Å². The summed E-state index contributed by atoms with van der Waals surface area (Å²) in [4.78, 5) is 6.70. The Labute approximate surface area is 154 Å². The summed E-state index contributed by atoms with van der Waals surface area (Å²) >= 11 is 5.99. The molecule has 7 heteroatoms. The van der Waals surface area contributed by atoms with Crippen molar-refractivity contribution in [2.75, 3.05) is 16.2 Å². The lowest BCUT2D eigenvalue weighted by Crippen LogP contribution is -2.39. The molecule has 0 amide bonds. The standard InChI is InChI=1S/C18H22ClN3O2S/c1-2-14-7-5-6-12-22(14)15-10-11-18(20-13-15)21-25(23,24)17-9-4-3-8-16(17)19/h3-4,8-11,13-14H,2,5-7,12H2,1H3,(H,20,21). The van der Waals surface area contributed by atoms with Gasteiger partial charge >= 0.3 is 0 Å². The summed E-state index contributed by atoms with van der Waals surface area (Å²) in [5.41, 5.74) is 1.03. The van der Waals surface area contributed by atoms with E-state index < -0.39 is 10.0 Å². The molecule has 3 rings (SSSR count). The maximum atomic E-state index is 12.5. The molecule has 25 heavy (non-hydrogen) atoms. The van der Waals surface area contributed by atoms with E-state index in [1.807, 2.05) is 6.07 Å². The summed E-state index contributed by atoms with van der Waals surface area (Å²) in [6, 6.07) is 10.5. The molecule has 0 aliphatic carbocycles. The largest absolute Gasteiger partial charge is 0.367 e. The molecule has 1 aliphatic rings. The lowest BCUT2D eigenvalue weighted by Gasteiger charge is -2.37. The molecule has 2 heterocycles. The molecule has 1 aliphatic heterocycles. The smallest absolute Gasteiger partial charge is 0.264 e. The molecule has 1 saturated heterocycles. The summed E-state index contributed by atoms with van der Waals surface area (Å²) in [7, 11) is -3.76. The summed E-state index contributed by atoms with van der Waals surface area (Å²) < 4.78 is 27.4. The summed E-state index contributed by atoms with van der Waals surface area (Å²) in [6.45, 7) is 3.22. The predicted molar refractivity (Wildman–Crippen MR) is 102 cm³/mol. The van der Waals surface area contributed by atoms with Crippen LogP contribution in [0.4, 0.5) is 11.5 Å². The quantitative estimate of drug-likeness (QED) is 0.841. The van der Waals surface area contributed by atoms with Crippen molar-refractivity contribution in [3.63, 3.8) is 0 Å². The molecular formula is C18H22ClN3O2S. The molecular weight excluding hydrogens is 358 g/mol. The molecule has 0 spiro atoms. The number of piperidine rings is 1. The Kier molecular flexibility index (Phi) is 5.49. The van der Waals surface area contributed by atoms with Gasteiger partial charge < -0.3 is 4.90 Å². The third-order valence-corrected chi connectivity index (χ3v) is 6.40. The number of pyridine rings is 1. The topological polar surface area (TPSA) is 62.3 Å².